The Labute approximate surface area is 173 Å². The fourth-order valence-electron chi connectivity index (χ4n) is 3.18. The van der Waals surface area contributed by atoms with E-state index in [9.17, 15) is 4.79 Å². The van der Waals surface area contributed by atoms with Crippen LogP contribution in [0.15, 0.2) is 91.1 Å². The van der Waals surface area contributed by atoms with Gasteiger partial charge in [0.1, 0.15) is 5.75 Å². The molecule has 29 heavy (non-hydrogen) atoms. The number of amides is 1. The molecule has 3 aromatic carbocycles. The third kappa shape index (κ3) is 4.36. The van der Waals surface area contributed by atoms with Crippen LogP contribution in [-0.4, -0.2) is 18.0 Å². The Morgan fingerprint density at radius 2 is 1.48 bits per heavy atom. The van der Waals surface area contributed by atoms with Crippen molar-refractivity contribution in [3.8, 4) is 16.2 Å². The molecular formula is C24H20N2O2S. The van der Waals surface area contributed by atoms with Crippen molar-refractivity contribution in [2.75, 3.05) is 12.4 Å². The monoisotopic (exact) mass is 400 g/mol. The quantitative estimate of drug-likeness (QED) is 0.459. The Kier molecular flexibility index (Phi) is 5.68. The zero-order valence-electron chi connectivity index (χ0n) is 15.9. The number of rotatable bonds is 6. The van der Waals surface area contributed by atoms with Gasteiger partial charge in [0.2, 0.25) is 5.91 Å². The van der Waals surface area contributed by atoms with Gasteiger partial charge in [-0.25, -0.2) is 4.98 Å². The van der Waals surface area contributed by atoms with E-state index in [4.69, 9.17) is 4.74 Å². The van der Waals surface area contributed by atoms with Crippen molar-refractivity contribution in [1.29, 1.82) is 0 Å². The Balaban J connectivity index is 1.57. The molecule has 1 amide bonds. The topological polar surface area (TPSA) is 51.2 Å². The predicted molar refractivity (Wildman–Crippen MR) is 117 cm³/mol. The highest BCUT2D eigenvalue weighted by Gasteiger charge is 2.23. The molecular weight excluding hydrogens is 380 g/mol. The van der Waals surface area contributed by atoms with Gasteiger partial charge in [0.15, 0.2) is 5.13 Å². The molecule has 0 spiro atoms. The van der Waals surface area contributed by atoms with Crippen LogP contribution in [0.25, 0.3) is 10.4 Å². The molecule has 0 atom stereocenters. The van der Waals surface area contributed by atoms with Crippen LogP contribution in [0.2, 0.25) is 0 Å². The summed E-state index contributed by atoms with van der Waals surface area (Å²) in [6.07, 6.45) is 1.78. The first-order valence-electron chi connectivity index (χ1n) is 9.25. The van der Waals surface area contributed by atoms with E-state index >= 15 is 0 Å². The van der Waals surface area contributed by atoms with Crippen molar-refractivity contribution in [3.63, 3.8) is 0 Å². The van der Waals surface area contributed by atoms with Crippen LogP contribution < -0.4 is 10.1 Å². The summed E-state index contributed by atoms with van der Waals surface area (Å²) in [5, 5.41) is 3.58. The number of carbonyl (C=O) groups is 1. The largest absolute Gasteiger partial charge is 0.497 e. The fraction of sp³-hybridized carbons (Fsp3) is 0.0833. The lowest BCUT2D eigenvalue weighted by Crippen LogP contribution is -2.22. The number of thiazole rings is 1. The van der Waals surface area contributed by atoms with Gasteiger partial charge in [-0.1, -0.05) is 72.0 Å². The number of hydrogen-bond donors (Lipinski definition) is 1. The molecule has 0 bridgehead atoms. The molecule has 0 saturated carbocycles. The number of methoxy groups -OCH3 is 1. The van der Waals surface area contributed by atoms with E-state index in [2.05, 4.69) is 10.3 Å². The first kappa shape index (κ1) is 18.9. The summed E-state index contributed by atoms with van der Waals surface area (Å²) in [7, 11) is 1.64. The second kappa shape index (κ2) is 8.71. The highest BCUT2D eigenvalue weighted by molar-refractivity contribution is 7.19. The van der Waals surface area contributed by atoms with E-state index in [0.717, 1.165) is 27.3 Å². The van der Waals surface area contributed by atoms with Crippen molar-refractivity contribution in [2.45, 2.75) is 5.92 Å². The predicted octanol–water partition coefficient (Wildman–Crippen LogP) is 5.59. The smallest absolute Gasteiger partial charge is 0.238 e. The lowest BCUT2D eigenvalue weighted by molar-refractivity contribution is -0.116. The van der Waals surface area contributed by atoms with Crippen molar-refractivity contribution >= 4 is 22.4 Å². The summed E-state index contributed by atoms with van der Waals surface area (Å²) in [5.74, 6) is 0.309. The highest BCUT2D eigenvalue weighted by atomic mass is 32.1. The second-order valence-electron chi connectivity index (χ2n) is 6.50. The van der Waals surface area contributed by atoms with Crippen LogP contribution >= 0.6 is 11.3 Å². The minimum absolute atomic E-state index is 0.0990. The van der Waals surface area contributed by atoms with E-state index < -0.39 is 5.92 Å². The van der Waals surface area contributed by atoms with Crippen molar-refractivity contribution < 1.29 is 9.53 Å². The van der Waals surface area contributed by atoms with Crippen molar-refractivity contribution in [1.82, 2.24) is 4.98 Å². The maximum Gasteiger partial charge on any atom is 0.238 e. The second-order valence-corrected chi connectivity index (χ2v) is 7.53. The molecule has 1 N–H and O–H groups in total. The van der Waals surface area contributed by atoms with E-state index in [-0.39, 0.29) is 5.91 Å². The molecule has 0 aliphatic rings. The van der Waals surface area contributed by atoms with E-state index in [0.29, 0.717) is 5.13 Å². The van der Waals surface area contributed by atoms with E-state index in [1.165, 1.54) is 11.3 Å². The average Bonchev–Trinajstić information content (AvgIpc) is 3.24. The molecule has 144 valence electrons. The molecule has 0 aliphatic heterocycles. The SMILES string of the molecule is COc1ccc(-c2cnc(NC(=O)C(c3ccccc3)c3ccccc3)s2)cc1. The maximum atomic E-state index is 13.2. The number of anilines is 1. The number of nitrogens with one attached hydrogen (secondary N) is 1. The molecule has 4 rings (SSSR count). The van der Waals surface area contributed by atoms with Crippen LogP contribution in [-0.2, 0) is 4.79 Å². The summed E-state index contributed by atoms with van der Waals surface area (Å²) in [4.78, 5) is 18.6. The highest BCUT2D eigenvalue weighted by Crippen LogP contribution is 2.32. The third-order valence-corrected chi connectivity index (χ3v) is 5.60. The van der Waals surface area contributed by atoms with Crippen molar-refractivity contribution in [2.24, 2.45) is 0 Å². The van der Waals surface area contributed by atoms with Crippen LogP contribution in [0.5, 0.6) is 5.75 Å². The minimum Gasteiger partial charge on any atom is -0.497 e. The molecule has 1 aromatic heterocycles. The van der Waals surface area contributed by atoms with Gasteiger partial charge in [-0.05, 0) is 41.0 Å². The molecule has 0 fully saturated rings. The minimum atomic E-state index is -0.397. The molecule has 0 saturated heterocycles. The standard InChI is InChI=1S/C24H20N2O2S/c1-28-20-14-12-17(13-15-20)21-16-25-24(29-21)26-23(27)22(18-8-4-2-5-9-18)19-10-6-3-7-11-19/h2-16,22H,1H3,(H,25,26,27). The Hall–Kier alpha value is -3.44. The number of nitrogens with zero attached hydrogens (tertiary/aromatic N) is 1. The fourth-order valence-corrected chi connectivity index (χ4v) is 4.01. The lowest BCUT2D eigenvalue weighted by atomic mass is 9.90. The normalized spacial score (nSPS) is 10.7. The summed E-state index contributed by atoms with van der Waals surface area (Å²) in [6, 6.07) is 27.4. The van der Waals surface area contributed by atoms with Gasteiger partial charge in [0.05, 0.1) is 17.9 Å². The van der Waals surface area contributed by atoms with E-state index in [1.54, 1.807) is 13.3 Å². The lowest BCUT2D eigenvalue weighted by Gasteiger charge is -2.17. The number of hydrogen-bond acceptors (Lipinski definition) is 4. The van der Waals surface area contributed by atoms with Crippen LogP contribution in [0.3, 0.4) is 0 Å². The molecule has 1 heterocycles. The molecule has 0 aliphatic carbocycles. The zero-order chi connectivity index (χ0) is 20.1. The summed E-state index contributed by atoms with van der Waals surface area (Å²) < 4.78 is 5.20. The average molecular weight is 401 g/mol. The summed E-state index contributed by atoms with van der Waals surface area (Å²) >= 11 is 1.45. The van der Waals surface area contributed by atoms with Crippen molar-refractivity contribution in [3.05, 3.63) is 102 Å². The van der Waals surface area contributed by atoms with Crippen LogP contribution in [0.1, 0.15) is 17.0 Å². The van der Waals surface area contributed by atoms with Gasteiger partial charge in [0.25, 0.3) is 0 Å². The Bertz CT molecular complexity index is 1040. The molecule has 5 heteroatoms. The number of ether oxygens (including phenoxy) is 1. The summed E-state index contributed by atoms with van der Waals surface area (Å²) in [5.41, 5.74) is 2.93. The van der Waals surface area contributed by atoms with Gasteiger partial charge in [-0.3, -0.25) is 4.79 Å². The Morgan fingerprint density at radius 1 is 0.897 bits per heavy atom. The maximum absolute atomic E-state index is 13.2. The summed E-state index contributed by atoms with van der Waals surface area (Å²) in [6.45, 7) is 0. The first-order chi connectivity index (χ1) is 14.2. The number of aromatic nitrogens is 1. The van der Waals surface area contributed by atoms with E-state index in [1.807, 2.05) is 84.9 Å². The van der Waals surface area contributed by atoms with Gasteiger partial charge in [-0.2, -0.15) is 0 Å². The van der Waals surface area contributed by atoms with Gasteiger partial charge in [-0.15, -0.1) is 0 Å². The Morgan fingerprint density at radius 3 is 2.03 bits per heavy atom. The van der Waals surface area contributed by atoms with Crippen LogP contribution in [0.4, 0.5) is 5.13 Å². The molecule has 0 radical (unpaired) electrons. The van der Waals surface area contributed by atoms with Crippen LogP contribution in [0, 0.1) is 0 Å². The zero-order valence-corrected chi connectivity index (χ0v) is 16.7. The van der Waals surface area contributed by atoms with Gasteiger partial charge >= 0.3 is 0 Å². The number of benzene rings is 3. The van der Waals surface area contributed by atoms with Gasteiger partial charge in [0, 0.05) is 6.20 Å². The molecule has 4 nitrogen and oxygen atoms in total. The molecule has 0 unspecified atom stereocenters. The first-order valence-corrected chi connectivity index (χ1v) is 10.1. The third-order valence-electron chi connectivity index (χ3n) is 4.64. The number of carbonyl (C=O) groups excluding carboxylic acids is 1. The molecule has 4 aromatic rings. The van der Waals surface area contributed by atoms with Gasteiger partial charge < -0.3 is 10.1 Å².